The largest absolute Gasteiger partial charge is 0.329 e. The van der Waals surface area contributed by atoms with Gasteiger partial charge < -0.3 is 15.1 Å². The monoisotopic (exact) mass is 351 g/mol. The van der Waals surface area contributed by atoms with Crippen LogP contribution >= 0.6 is 11.3 Å². The van der Waals surface area contributed by atoms with E-state index in [1.807, 2.05) is 29.3 Å². The van der Waals surface area contributed by atoms with E-state index in [9.17, 15) is 14.4 Å². The van der Waals surface area contributed by atoms with Crippen LogP contribution in [0.4, 0.5) is 4.79 Å². The second-order valence-electron chi connectivity index (χ2n) is 6.23. The summed E-state index contributed by atoms with van der Waals surface area (Å²) >= 11 is 1.45. The topological polar surface area (TPSA) is 74.2 Å². The minimum Gasteiger partial charge on any atom is -0.327 e. The van der Waals surface area contributed by atoms with E-state index in [0.717, 1.165) is 29.3 Å². The van der Waals surface area contributed by atoms with Crippen LogP contribution in [0.3, 0.4) is 0 Å². The number of carbonyl (C=O) groups excluding carboxylic acids is 3. The maximum absolute atomic E-state index is 12.3. The van der Waals surface area contributed by atoms with Crippen molar-refractivity contribution < 1.29 is 19.3 Å². The van der Waals surface area contributed by atoms with E-state index in [1.165, 1.54) is 16.2 Å². The van der Waals surface area contributed by atoms with Crippen LogP contribution in [0.25, 0.3) is 0 Å². The number of carbonyl (C=O) groups is 3. The summed E-state index contributed by atoms with van der Waals surface area (Å²) in [7, 11) is 0. The summed E-state index contributed by atoms with van der Waals surface area (Å²) in [6.07, 6.45) is 1.54. The molecule has 0 bridgehead atoms. The lowest BCUT2D eigenvalue weighted by molar-refractivity contribution is -0.911. The van der Waals surface area contributed by atoms with Crippen molar-refractivity contribution >= 4 is 29.2 Å². The number of amides is 4. The lowest BCUT2D eigenvalue weighted by Gasteiger charge is -2.33. The predicted molar refractivity (Wildman–Crippen MR) is 89.9 cm³/mol. The predicted octanol–water partition coefficient (Wildman–Crippen LogP) is -0.233. The zero-order chi connectivity index (χ0) is 17.1. The summed E-state index contributed by atoms with van der Waals surface area (Å²) in [5.74, 6) is -0.0477. The van der Waals surface area contributed by atoms with E-state index < -0.39 is 0 Å². The van der Waals surface area contributed by atoms with Gasteiger partial charge in [0, 0.05) is 0 Å². The molecule has 2 fully saturated rings. The van der Waals surface area contributed by atoms with E-state index in [-0.39, 0.29) is 23.9 Å². The molecule has 0 aromatic carbocycles. The first-order valence-electron chi connectivity index (χ1n) is 8.38. The van der Waals surface area contributed by atoms with Crippen molar-refractivity contribution in [2.45, 2.75) is 25.8 Å². The first-order chi connectivity index (χ1) is 11.6. The molecule has 1 aromatic heterocycles. The van der Waals surface area contributed by atoms with Gasteiger partial charge in [-0.1, -0.05) is 19.4 Å². The summed E-state index contributed by atoms with van der Waals surface area (Å²) in [5, 5.41) is 4.65. The third kappa shape index (κ3) is 3.44. The highest BCUT2D eigenvalue weighted by atomic mass is 32.1. The van der Waals surface area contributed by atoms with E-state index in [0.29, 0.717) is 26.2 Å². The first kappa shape index (κ1) is 16.9. The number of piperazine rings is 1. The van der Waals surface area contributed by atoms with Crippen molar-refractivity contribution in [2.75, 3.05) is 32.8 Å². The van der Waals surface area contributed by atoms with E-state index >= 15 is 0 Å². The highest BCUT2D eigenvalue weighted by molar-refractivity contribution is 7.12. The molecule has 24 heavy (non-hydrogen) atoms. The lowest BCUT2D eigenvalue weighted by atomic mass is 10.2. The van der Waals surface area contributed by atoms with Crippen LogP contribution in [0.5, 0.6) is 0 Å². The fourth-order valence-electron chi connectivity index (χ4n) is 3.17. The molecular weight excluding hydrogens is 328 g/mol. The molecule has 2 N–H and O–H groups in total. The molecule has 0 unspecified atom stereocenters. The Morgan fingerprint density at radius 2 is 2.12 bits per heavy atom. The van der Waals surface area contributed by atoms with Crippen LogP contribution < -0.4 is 10.2 Å². The maximum Gasteiger partial charge on any atom is 0.329 e. The summed E-state index contributed by atoms with van der Waals surface area (Å²) < 4.78 is 0. The standard InChI is InChI=1S/C16H22N4O3S/c1-2-4-12-14(21)20(16(23)17-12)11-18-6-8-19(9-7-18)15(22)13-5-3-10-24-13/h3,5,10,12H,2,4,6-9,11H2,1H3,(H,17,23)/p+1/t12-/m0/s1. The van der Waals surface area contributed by atoms with Crippen molar-refractivity contribution in [1.82, 2.24) is 15.1 Å². The quantitative estimate of drug-likeness (QED) is 0.720. The molecule has 1 aromatic rings. The number of nitrogens with one attached hydrogen (secondary N) is 2. The Balaban J connectivity index is 1.51. The molecule has 130 valence electrons. The number of hydrogen-bond acceptors (Lipinski definition) is 4. The van der Waals surface area contributed by atoms with Crippen LogP contribution in [0.1, 0.15) is 29.4 Å². The second-order valence-corrected chi connectivity index (χ2v) is 7.18. The Morgan fingerprint density at radius 1 is 1.38 bits per heavy atom. The molecule has 7 nitrogen and oxygen atoms in total. The molecule has 1 atom stereocenters. The van der Waals surface area contributed by atoms with Gasteiger partial charge in [0.25, 0.3) is 11.8 Å². The molecule has 0 spiro atoms. The van der Waals surface area contributed by atoms with Gasteiger partial charge in [-0.2, -0.15) is 0 Å². The molecule has 3 heterocycles. The van der Waals surface area contributed by atoms with Crippen LogP contribution in [0, 0.1) is 0 Å². The summed E-state index contributed by atoms with van der Waals surface area (Å²) in [6.45, 7) is 5.16. The fraction of sp³-hybridized carbons (Fsp3) is 0.562. The normalized spacial score (nSPS) is 22.1. The number of quaternary nitrogens is 1. The Bertz CT molecular complexity index is 611. The number of thiophene rings is 1. The Labute approximate surface area is 145 Å². The molecule has 8 heteroatoms. The van der Waals surface area contributed by atoms with Gasteiger partial charge in [0.15, 0.2) is 6.67 Å². The van der Waals surface area contributed by atoms with E-state index in [4.69, 9.17) is 0 Å². The van der Waals surface area contributed by atoms with Gasteiger partial charge in [0.05, 0.1) is 31.1 Å². The molecule has 0 radical (unpaired) electrons. The van der Waals surface area contributed by atoms with Crippen molar-refractivity contribution in [3.8, 4) is 0 Å². The van der Waals surface area contributed by atoms with Gasteiger partial charge in [-0.15, -0.1) is 11.3 Å². The average Bonchev–Trinajstić information content (AvgIpc) is 3.20. The van der Waals surface area contributed by atoms with Gasteiger partial charge in [-0.3, -0.25) is 9.59 Å². The Morgan fingerprint density at radius 3 is 2.75 bits per heavy atom. The SMILES string of the molecule is CCC[C@@H]1NC(=O)N(C[NH+]2CCN(C(=O)c3cccs3)CC2)C1=O. The number of hydrogen-bond donors (Lipinski definition) is 2. The van der Waals surface area contributed by atoms with Crippen molar-refractivity contribution in [2.24, 2.45) is 0 Å². The minimum absolute atomic E-state index is 0.0713. The third-order valence-electron chi connectivity index (χ3n) is 4.56. The van der Waals surface area contributed by atoms with Crippen LogP contribution in [0.2, 0.25) is 0 Å². The van der Waals surface area contributed by atoms with Crippen molar-refractivity contribution in [3.63, 3.8) is 0 Å². The highest BCUT2D eigenvalue weighted by Crippen LogP contribution is 2.12. The summed E-state index contributed by atoms with van der Waals surface area (Å²) in [6, 6.07) is 3.06. The first-order valence-corrected chi connectivity index (χ1v) is 9.26. The fourth-order valence-corrected chi connectivity index (χ4v) is 3.87. The van der Waals surface area contributed by atoms with Gasteiger partial charge in [-0.25, -0.2) is 9.69 Å². The summed E-state index contributed by atoms with van der Waals surface area (Å²) in [4.78, 5) is 41.7. The minimum atomic E-state index is -0.372. The molecule has 0 aliphatic carbocycles. The van der Waals surface area contributed by atoms with Gasteiger partial charge in [0.1, 0.15) is 6.04 Å². The van der Waals surface area contributed by atoms with E-state index in [2.05, 4.69) is 5.32 Å². The molecule has 2 saturated heterocycles. The Hall–Kier alpha value is -1.93. The maximum atomic E-state index is 12.3. The lowest BCUT2D eigenvalue weighted by Crippen LogP contribution is -3.16. The molecule has 2 aliphatic rings. The van der Waals surface area contributed by atoms with Crippen molar-refractivity contribution in [3.05, 3.63) is 22.4 Å². The zero-order valence-electron chi connectivity index (χ0n) is 13.8. The molecule has 0 saturated carbocycles. The molecule has 2 aliphatic heterocycles. The average molecular weight is 351 g/mol. The molecule has 3 rings (SSSR count). The molecule has 4 amide bonds. The second kappa shape index (κ2) is 7.31. The van der Waals surface area contributed by atoms with Gasteiger partial charge in [0.2, 0.25) is 0 Å². The smallest absolute Gasteiger partial charge is 0.327 e. The number of imide groups is 1. The van der Waals surface area contributed by atoms with Crippen LogP contribution in [-0.2, 0) is 4.79 Å². The Kier molecular flexibility index (Phi) is 5.15. The number of rotatable bonds is 5. The third-order valence-corrected chi connectivity index (χ3v) is 5.41. The zero-order valence-corrected chi connectivity index (χ0v) is 14.6. The van der Waals surface area contributed by atoms with Crippen LogP contribution in [-0.4, -0.2) is 66.5 Å². The van der Waals surface area contributed by atoms with Gasteiger partial charge >= 0.3 is 6.03 Å². The van der Waals surface area contributed by atoms with Crippen molar-refractivity contribution in [1.29, 1.82) is 0 Å². The number of urea groups is 1. The summed E-state index contributed by atoms with van der Waals surface area (Å²) in [5.41, 5.74) is 0. The molecular formula is C16H23N4O3S+. The highest BCUT2D eigenvalue weighted by Gasteiger charge is 2.40. The van der Waals surface area contributed by atoms with Gasteiger partial charge in [-0.05, 0) is 17.9 Å². The van der Waals surface area contributed by atoms with E-state index in [1.54, 1.807) is 0 Å². The van der Waals surface area contributed by atoms with Crippen LogP contribution in [0.15, 0.2) is 17.5 Å². The number of nitrogens with zero attached hydrogens (tertiary/aromatic N) is 2.